The van der Waals surface area contributed by atoms with Crippen molar-refractivity contribution in [3.05, 3.63) is 0 Å². The lowest BCUT2D eigenvalue weighted by molar-refractivity contribution is -0.145. The maximum Gasteiger partial charge on any atom is 0.407 e. The Morgan fingerprint density at radius 1 is 1.28 bits per heavy atom. The van der Waals surface area contributed by atoms with Gasteiger partial charge in [0.25, 0.3) is 0 Å². The predicted molar refractivity (Wildman–Crippen MR) is 63.9 cm³/mol. The van der Waals surface area contributed by atoms with Crippen molar-refractivity contribution < 1.29 is 24.2 Å². The van der Waals surface area contributed by atoms with E-state index in [2.05, 4.69) is 10.1 Å². The number of esters is 1. The van der Waals surface area contributed by atoms with Crippen LogP contribution in [0, 0.1) is 5.92 Å². The molecule has 1 saturated carbocycles. The zero-order chi connectivity index (χ0) is 13.9. The average molecular weight is 259 g/mol. The van der Waals surface area contributed by atoms with Gasteiger partial charge in [-0.1, -0.05) is 0 Å². The Kier molecular flexibility index (Phi) is 4.56. The van der Waals surface area contributed by atoms with Crippen LogP contribution >= 0.6 is 0 Å². The van der Waals surface area contributed by atoms with Crippen molar-refractivity contribution in [2.24, 2.45) is 5.92 Å². The maximum absolute atomic E-state index is 11.5. The van der Waals surface area contributed by atoms with Crippen LogP contribution in [0.4, 0.5) is 4.79 Å². The number of hydrogen-bond acceptors (Lipinski definition) is 5. The molecule has 0 aromatic rings. The molecule has 1 aliphatic rings. The summed E-state index contributed by atoms with van der Waals surface area (Å²) in [5.74, 6) is -0.729. The number of aliphatic hydroxyl groups is 1. The van der Waals surface area contributed by atoms with E-state index in [1.807, 2.05) is 0 Å². The SMILES string of the molecule is COC(=O)[C@H]1C[C@H](NC(=O)OC(C)(C)C)[C@@H](O)C1. The first-order chi connectivity index (χ1) is 8.23. The molecule has 6 nitrogen and oxygen atoms in total. The Balaban J connectivity index is 2.49. The minimum Gasteiger partial charge on any atom is -0.469 e. The third-order valence-corrected chi connectivity index (χ3v) is 2.77. The maximum atomic E-state index is 11.5. The van der Waals surface area contributed by atoms with E-state index in [1.165, 1.54) is 7.11 Å². The van der Waals surface area contributed by atoms with E-state index in [-0.39, 0.29) is 11.9 Å². The molecular weight excluding hydrogens is 238 g/mol. The molecule has 0 aromatic carbocycles. The molecule has 0 aliphatic heterocycles. The third-order valence-electron chi connectivity index (χ3n) is 2.77. The van der Waals surface area contributed by atoms with Gasteiger partial charge in [-0.25, -0.2) is 4.79 Å². The van der Waals surface area contributed by atoms with Crippen LogP contribution in [0.1, 0.15) is 33.6 Å². The number of methoxy groups -OCH3 is 1. The molecule has 1 fully saturated rings. The van der Waals surface area contributed by atoms with Gasteiger partial charge in [-0.05, 0) is 33.6 Å². The van der Waals surface area contributed by atoms with E-state index in [0.717, 1.165) is 0 Å². The molecule has 0 spiro atoms. The molecule has 0 heterocycles. The molecule has 1 aliphatic carbocycles. The van der Waals surface area contributed by atoms with E-state index < -0.39 is 23.8 Å². The van der Waals surface area contributed by atoms with Crippen molar-refractivity contribution >= 4 is 12.1 Å². The first kappa shape index (κ1) is 14.8. The molecule has 6 heteroatoms. The Hall–Kier alpha value is -1.30. The number of alkyl carbamates (subject to hydrolysis) is 1. The molecule has 104 valence electrons. The van der Waals surface area contributed by atoms with Crippen LogP contribution < -0.4 is 5.32 Å². The Morgan fingerprint density at radius 2 is 1.89 bits per heavy atom. The fourth-order valence-corrected chi connectivity index (χ4v) is 1.99. The van der Waals surface area contributed by atoms with Gasteiger partial charge in [0.15, 0.2) is 0 Å². The van der Waals surface area contributed by atoms with Crippen LogP contribution in [0.2, 0.25) is 0 Å². The van der Waals surface area contributed by atoms with E-state index in [4.69, 9.17) is 4.74 Å². The van der Waals surface area contributed by atoms with Crippen molar-refractivity contribution in [1.29, 1.82) is 0 Å². The van der Waals surface area contributed by atoms with Gasteiger partial charge in [-0.3, -0.25) is 4.79 Å². The molecule has 0 saturated heterocycles. The molecule has 0 unspecified atom stereocenters. The highest BCUT2D eigenvalue weighted by Crippen LogP contribution is 2.27. The number of rotatable bonds is 2. The molecule has 0 aromatic heterocycles. The topological polar surface area (TPSA) is 84.9 Å². The second kappa shape index (κ2) is 5.56. The lowest BCUT2D eigenvalue weighted by atomic mass is 10.1. The zero-order valence-electron chi connectivity index (χ0n) is 11.2. The van der Waals surface area contributed by atoms with Gasteiger partial charge in [0.1, 0.15) is 5.60 Å². The molecule has 0 radical (unpaired) electrons. The fourth-order valence-electron chi connectivity index (χ4n) is 1.99. The van der Waals surface area contributed by atoms with Crippen LogP contribution in [0.5, 0.6) is 0 Å². The minimum absolute atomic E-state index is 0.299. The number of amides is 1. The highest BCUT2D eigenvalue weighted by molar-refractivity contribution is 5.73. The summed E-state index contributed by atoms with van der Waals surface area (Å²) >= 11 is 0. The van der Waals surface area contributed by atoms with Crippen molar-refractivity contribution in [2.45, 2.75) is 51.4 Å². The monoisotopic (exact) mass is 259 g/mol. The first-order valence-electron chi connectivity index (χ1n) is 5.98. The van der Waals surface area contributed by atoms with Crippen molar-refractivity contribution in [2.75, 3.05) is 7.11 Å². The van der Waals surface area contributed by atoms with Crippen molar-refractivity contribution in [3.63, 3.8) is 0 Å². The summed E-state index contributed by atoms with van der Waals surface area (Å²) in [6.45, 7) is 5.28. The van der Waals surface area contributed by atoms with Crippen molar-refractivity contribution in [3.8, 4) is 0 Å². The first-order valence-corrected chi connectivity index (χ1v) is 5.98. The van der Waals surface area contributed by atoms with Gasteiger partial charge in [0.2, 0.25) is 0 Å². The summed E-state index contributed by atoms with van der Waals surface area (Å²) in [6.07, 6.45) is -0.668. The molecular formula is C12H21NO5. The Bertz CT molecular complexity index is 323. The lowest BCUT2D eigenvalue weighted by Crippen LogP contribution is -2.42. The number of aliphatic hydroxyl groups excluding tert-OH is 1. The van der Waals surface area contributed by atoms with Crippen molar-refractivity contribution in [1.82, 2.24) is 5.32 Å². The van der Waals surface area contributed by atoms with Gasteiger partial charge in [0.05, 0.1) is 25.2 Å². The predicted octanol–water partition coefficient (Wildman–Crippen LogP) is 0.824. The molecule has 0 bridgehead atoms. The second-order valence-corrected chi connectivity index (χ2v) is 5.51. The second-order valence-electron chi connectivity index (χ2n) is 5.51. The summed E-state index contributed by atoms with van der Waals surface area (Å²) in [6, 6.07) is -0.469. The number of carbonyl (C=O) groups is 2. The van der Waals surface area contributed by atoms with Gasteiger partial charge < -0.3 is 19.9 Å². The molecule has 1 rings (SSSR count). The number of nitrogens with one attached hydrogen (secondary N) is 1. The lowest BCUT2D eigenvalue weighted by Gasteiger charge is -2.22. The van der Waals surface area contributed by atoms with Gasteiger partial charge >= 0.3 is 12.1 Å². The quantitative estimate of drug-likeness (QED) is 0.717. The largest absolute Gasteiger partial charge is 0.469 e. The summed E-state index contributed by atoms with van der Waals surface area (Å²) in [4.78, 5) is 22.9. The minimum atomic E-state index is -0.749. The molecule has 18 heavy (non-hydrogen) atoms. The Morgan fingerprint density at radius 3 is 2.39 bits per heavy atom. The summed E-state index contributed by atoms with van der Waals surface area (Å²) < 4.78 is 9.72. The van der Waals surface area contributed by atoms with Gasteiger partial charge in [0, 0.05) is 0 Å². The fraction of sp³-hybridized carbons (Fsp3) is 0.833. The molecule has 3 atom stereocenters. The number of carbonyl (C=O) groups excluding carboxylic acids is 2. The standard InChI is InChI=1S/C12H21NO5/c1-12(2,3)18-11(16)13-8-5-7(6-9(8)14)10(15)17-4/h7-9,14H,5-6H2,1-4H3,(H,13,16)/t7-,8-,9-/m0/s1. The van der Waals surface area contributed by atoms with E-state index >= 15 is 0 Å². The van der Waals surface area contributed by atoms with Crippen LogP contribution in [-0.2, 0) is 14.3 Å². The number of ether oxygens (including phenoxy) is 2. The smallest absolute Gasteiger partial charge is 0.407 e. The highest BCUT2D eigenvalue weighted by atomic mass is 16.6. The van der Waals surface area contributed by atoms with Crippen LogP contribution in [0.15, 0.2) is 0 Å². The van der Waals surface area contributed by atoms with Gasteiger partial charge in [-0.2, -0.15) is 0 Å². The summed E-state index contributed by atoms with van der Waals surface area (Å²) in [5.41, 5.74) is -0.588. The van der Waals surface area contributed by atoms with Crippen LogP contribution in [0.3, 0.4) is 0 Å². The van der Waals surface area contributed by atoms with E-state index in [1.54, 1.807) is 20.8 Å². The highest BCUT2D eigenvalue weighted by Gasteiger charge is 2.38. The molecule has 2 N–H and O–H groups in total. The summed E-state index contributed by atoms with van der Waals surface area (Å²) in [7, 11) is 1.31. The third kappa shape index (κ3) is 4.18. The zero-order valence-corrected chi connectivity index (χ0v) is 11.2. The summed E-state index contributed by atoms with van der Waals surface area (Å²) in [5, 5.41) is 12.3. The van der Waals surface area contributed by atoms with Crippen LogP contribution in [-0.4, -0.2) is 42.0 Å². The van der Waals surface area contributed by atoms with E-state index in [0.29, 0.717) is 12.8 Å². The normalized spacial score (nSPS) is 27.7. The number of hydrogen-bond donors (Lipinski definition) is 2. The molecule has 1 amide bonds. The van der Waals surface area contributed by atoms with Crippen LogP contribution in [0.25, 0.3) is 0 Å². The van der Waals surface area contributed by atoms with Gasteiger partial charge in [-0.15, -0.1) is 0 Å². The average Bonchev–Trinajstić information content (AvgIpc) is 2.56. The van der Waals surface area contributed by atoms with E-state index in [9.17, 15) is 14.7 Å². The Labute approximate surface area is 107 Å².